The quantitative estimate of drug-likeness (QED) is 0.619. The predicted molar refractivity (Wildman–Crippen MR) is 119 cm³/mol. The highest BCUT2D eigenvalue weighted by atomic mass is 16.5. The molecule has 0 radical (unpaired) electrons. The highest BCUT2D eigenvalue weighted by molar-refractivity contribution is 6.07. The third-order valence-corrected chi connectivity index (χ3v) is 5.91. The molecule has 2 aromatic carbocycles. The molecule has 1 N–H and O–H groups in total. The van der Waals surface area contributed by atoms with Crippen molar-refractivity contribution in [2.24, 2.45) is 5.92 Å². The molecule has 1 atom stereocenters. The number of carbonyl (C=O) groups excluding carboxylic acids is 3. The molecule has 1 aliphatic heterocycles. The molecule has 4 rings (SSSR count). The lowest BCUT2D eigenvalue weighted by atomic mass is 9.95. The van der Waals surface area contributed by atoms with E-state index in [2.05, 4.69) is 5.32 Å². The van der Waals surface area contributed by atoms with Gasteiger partial charge in [-0.3, -0.25) is 9.59 Å². The van der Waals surface area contributed by atoms with Gasteiger partial charge in [-0.1, -0.05) is 36.4 Å². The van der Waals surface area contributed by atoms with E-state index in [4.69, 9.17) is 9.15 Å². The van der Waals surface area contributed by atoms with Crippen LogP contribution in [-0.4, -0.2) is 42.9 Å². The second-order valence-electron chi connectivity index (χ2n) is 8.01. The van der Waals surface area contributed by atoms with Crippen LogP contribution in [-0.2, 0) is 16.1 Å². The Balaban J connectivity index is 1.41. The summed E-state index contributed by atoms with van der Waals surface area (Å²) in [7, 11) is 1.31. The summed E-state index contributed by atoms with van der Waals surface area (Å²) < 4.78 is 10.3. The molecular weight excluding hydrogens is 408 g/mol. The molecule has 1 fully saturated rings. The average molecular weight is 434 g/mol. The smallest absolute Gasteiger partial charge is 0.341 e. The lowest BCUT2D eigenvalue weighted by Gasteiger charge is -2.32. The molecule has 1 aromatic heterocycles. The van der Waals surface area contributed by atoms with Gasteiger partial charge in [0.15, 0.2) is 0 Å². The van der Waals surface area contributed by atoms with Crippen molar-refractivity contribution in [1.82, 2.24) is 10.2 Å². The number of amides is 2. The first kappa shape index (κ1) is 21.6. The standard InChI is InChI=1S/C25H26N2O5/c1-16-22(25(30)31-2)13-19(32-16)14-26-23(28)18-9-6-12-27(15-18)24(29)21-11-5-8-17-7-3-4-10-20(17)21/h3-5,7-8,10-11,13,18H,6,9,12,14-15H2,1-2H3,(H,26,28). The van der Waals surface area contributed by atoms with Gasteiger partial charge >= 0.3 is 5.97 Å². The minimum atomic E-state index is -0.473. The second-order valence-corrected chi connectivity index (χ2v) is 8.01. The van der Waals surface area contributed by atoms with Crippen LogP contribution in [0.5, 0.6) is 0 Å². The number of carbonyl (C=O) groups is 3. The summed E-state index contributed by atoms with van der Waals surface area (Å²) in [6.45, 7) is 2.85. The third-order valence-electron chi connectivity index (χ3n) is 5.91. The van der Waals surface area contributed by atoms with Crippen LogP contribution >= 0.6 is 0 Å². The number of ether oxygens (including phenoxy) is 1. The van der Waals surface area contributed by atoms with Crippen molar-refractivity contribution in [2.75, 3.05) is 20.2 Å². The van der Waals surface area contributed by atoms with Crippen LogP contribution in [0, 0.1) is 12.8 Å². The van der Waals surface area contributed by atoms with E-state index in [1.54, 1.807) is 17.9 Å². The van der Waals surface area contributed by atoms with Crippen molar-refractivity contribution in [3.63, 3.8) is 0 Å². The lowest BCUT2D eigenvalue weighted by molar-refractivity contribution is -0.126. The van der Waals surface area contributed by atoms with Gasteiger partial charge in [0, 0.05) is 18.7 Å². The van der Waals surface area contributed by atoms with E-state index in [1.807, 2.05) is 42.5 Å². The number of methoxy groups -OCH3 is 1. The van der Waals surface area contributed by atoms with E-state index in [1.165, 1.54) is 7.11 Å². The Labute approximate surface area is 186 Å². The maximum atomic E-state index is 13.2. The summed E-state index contributed by atoms with van der Waals surface area (Å²) in [4.78, 5) is 39.5. The van der Waals surface area contributed by atoms with Gasteiger partial charge in [0.05, 0.1) is 19.6 Å². The molecule has 1 unspecified atom stereocenters. The van der Waals surface area contributed by atoms with E-state index in [9.17, 15) is 14.4 Å². The molecule has 7 nitrogen and oxygen atoms in total. The number of hydrogen-bond acceptors (Lipinski definition) is 5. The number of aryl methyl sites for hydroxylation is 1. The SMILES string of the molecule is COC(=O)c1cc(CNC(=O)C2CCCN(C(=O)c3cccc4ccccc34)C2)oc1C. The van der Waals surface area contributed by atoms with Crippen LogP contribution in [0.2, 0.25) is 0 Å². The summed E-state index contributed by atoms with van der Waals surface area (Å²) in [6, 6.07) is 15.1. The first-order chi connectivity index (χ1) is 15.5. The number of nitrogens with one attached hydrogen (secondary N) is 1. The normalized spacial score (nSPS) is 16.1. The van der Waals surface area contributed by atoms with Gasteiger partial charge in [-0.25, -0.2) is 4.79 Å². The van der Waals surface area contributed by atoms with E-state index in [0.717, 1.165) is 23.6 Å². The van der Waals surface area contributed by atoms with Gasteiger partial charge < -0.3 is 19.4 Å². The Kier molecular flexibility index (Phi) is 6.25. The number of piperidine rings is 1. The summed E-state index contributed by atoms with van der Waals surface area (Å²) in [6.07, 6.45) is 1.48. The van der Waals surface area contributed by atoms with E-state index in [-0.39, 0.29) is 24.3 Å². The Morgan fingerprint density at radius 3 is 2.72 bits per heavy atom. The van der Waals surface area contributed by atoms with Gasteiger partial charge in [0.1, 0.15) is 17.1 Å². The van der Waals surface area contributed by atoms with Crippen molar-refractivity contribution < 1.29 is 23.5 Å². The molecule has 0 spiro atoms. The van der Waals surface area contributed by atoms with Crippen LogP contribution in [0.4, 0.5) is 0 Å². The fraction of sp³-hybridized carbons (Fsp3) is 0.320. The second kappa shape index (κ2) is 9.26. The van der Waals surface area contributed by atoms with Crippen LogP contribution in [0.3, 0.4) is 0 Å². The maximum Gasteiger partial charge on any atom is 0.341 e. The van der Waals surface area contributed by atoms with E-state index in [0.29, 0.717) is 35.7 Å². The van der Waals surface area contributed by atoms with Gasteiger partial charge in [-0.15, -0.1) is 0 Å². The molecule has 0 saturated carbocycles. The average Bonchev–Trinajstić information content (AvgIpc) is 3.21. The first-order valence-corrected chi connectivity index (χ1v) is 10.7. The fourth-order valence-electron chi connectivity index (χ4n) is 4.22. The minimum Gasteiger partial charge on any atom is -0.465 e. The molecule has 0 aliphatic carbocycles. The summed E-state index contributed by atoms with van der Waals surface area (Å²) in [5.41, 5.74) is 1.01. The largest absolute Gasteiger partial charge is 0.465 e. The number of esters is 1. The van der Waals surface area contributed by atoms with Gasteiger partial charge in [0.2, 0.25) is 5.91 Å². The lowest BCUT2D eigenvalue weighted by Crippen LogP contribution is -2.45. The first-order valence-electron chi connectivity index (χ1n) is 10.7. The molecule has 2 amide bonds. The number of fused-ring (bicyclic) bond motifs is 1. The topological polar surface area (TPSA) is 88.9 Å². The fourth-order valence-corrected chi connectivity index (χ4v) is 4.22. The number of furan rings is 1. The molecule has 166 valence electrons. The summed E-state index contributed by atoms with van der Waals surface area (Å²) in [5, 5.41) is 4.81. The highest BCUT2D eigenvalue weighted by Gasteiger charge is 2.29. The van der Waals surface area contributed by atoms with Crippen LogP contribution in [0.25, 0.3) is 10.8 Å². The van der Waals surface area contributed by atoms with Gasteiger partial charge in [0.25, 0.3) is 5.91 Å². The van der Waals surface area contributed by atoms with E-state index >= 15 is 0 Å². The predicted octanol–water partition coefficient (Wildman–Crippen LogP) is 3.70. The molecule has 2 heterocycles. The summed E-state index contributed by atoms with van der Waals surface area (Å²) in [5.74, 6) is -0.0170. The van der Waals surface area contributed by atoms with Crippen LogP contribution in [0.1, 0.15) is 45.1 Å². The van der Waals surface area contributed by atoms with Crippen molar-refractivity contribution in [3.8, 4) is 0 Å². The zero-order valence-electron chi connectivity index (χ0n) is 18.2. The molecule has 3 aromatic rings. The zero-order valence-corrected chi connectivity index (χ0v) is 18.2. The molecule has 32 heavy (non-hydrogen) atoms. The van der Waals surface area contributed by atoms with Gasteiger partial charge in [-0.2, -0.15) is 0 Å². The van der Waals surface area contributed by atoms with E-state index < -0.39 is 5.97 Å². The van der Waals surface area contributed by atoms with Crippen molar-refractivity contribution in [2.45, 2.75) is 26.3 Å². The molecule has 1 aliphatic rings. The summed E-state index contributed by atoms with van der Waals surface area (Å²) >= 11 is 0. The van der Waals surface area contributed by atoms with Gasteiger partial charge in [-0.05, 0) is 42.7 Å². The minimum absolute atomic E-state index is 0.0521. The zero-order chi connectivity index (χ0) is 22.7. The Hall–Kier alpha value is -3.61. The van der Waals surface area contributed by atoms with Crippen molar-refractivity contribution in [3.05, 3.63) is 71.2 Å². The highest BCUT2D eigenvalue weighted by Crippen LogP contribution is 2.24. The number of hydrogen-bond donors (Lipinski definition) is 1. The number of likely N-dealkylation sites (tertiary alicyclic amines) is 1. The molecule has 7 heteroatoms. The number of rotatable bonds is 5. The molecular formula is C25H26N2O5. The Morgan fingerprint density at radius 2 is 1.91 bits per heavy atom. The van der Waals surface area contributed by atoms with Crippen LogP contribution in [0.15, 0.2) is 52.9 Å². The van der Waals surface area contributed by atoms with Crippen molar-refractivity contribution >= 4 is 28.6 Å². The maximum absolute atomic E-state index is 13.2. The molecule has 1 saturated heterocycles. The third kappa shape index (κ3) is 4.37. The monoisotopic (exact) mass is 434 g/mol. The Morgan fingerprint density at radius 1 is 1.12 bits per heavy atom. The number of benzene rings is 2. The Bertz CT molecular complexity index is 1160. The van der Waals surface area contributed by atoms with Crippen LogP contribution < -0.4 is 5.32 Å². The number of nitrogens with zero attached hydrogens (tertiary/aromatic N) is 1. The molecule has 0 bridgehead atoms. The van der Waals surface area contributed by atoms with Crippen molar-refractivity contribution in [1.29, 1.82) is 0 Å².